The molecule has 1 aromatic heterocycles. The number of halogens is 1. The number of thiophene rings is 1. The van der Waals surface area contributed by atoms with E-state index in [4.69, 9.17) is 10.5 Å². The predicted molar refractivity (Wildman–Crippen MR) is 80.0 cm³/mol. The first-order valence-corrected chi connectivity index (χ1v) is 7.87. The van der Waals surface area contributed by atoms with Crippen molar-refractivity contribution >= 4 is 37.4 Å². The second-order valence-electron chi connectivity index (χ2n) is 4.97. The first-order valence-electron chi connectivity index (χ1n) is 6.19. The molecule has 0 radical (unpaired) electrons. The quantitative estimate of drug-likeness (QED) is 0.902. The molecule has 3 atom stereocenters. The van der Waals surface area contributed by atoms with Gasteiger partial charge in [-0.15, -0.1) is 11.3 Å². The van der Waals surface area contributed by atoms with E-state index in [0.29, 0.717) is 12.0 Å². The van der Waals surface area contributed by atoms with Gasteiger partial charge >= 0.3 is 0 Å². The zero-order valence-corrected chi connectivity index (χ0v) is 12.6. The van der Waals surface area contributed by atoms with E-state index in [0.717, 1.165) is 17.5 Å². The number of ether oxygens (including phenoxy) is 1. The number of nitrogens with two attached hydrogens (primary N) is 1. The summed E-state index contributed by atoms with van der Waals surface area (Å²) in [5.74, 6) is 0.441. The zero-order valence-electron chi connectivity index (χ0n) is 10.2. The number of hydrogen-bond acceptors (Lipinski definition) is 3. The molecule has 3 rings (SSSR count). The van der Waals surface area contributed by atoms with Gasteiger partial charge in [-0.1, -0.05) is 12.1 Å². The zero-order chi connectivity index (χ0) is 12.7. The summed E-state index contributed by atoms with van der Waals surface area (Å²) in [6, 6.07) is 6.39. The highest BCUT2D eigenvalue weighted by molar-refractivity contribution is 9.10. The lowest BCUT2D eigenvalue weighted by Crippen LogP contribution is -2.21. The first kappa shape index (κ1) is 12.6. The predicted octanol–water partition coefficient (Wildman–Crippen LogP) is 4.09. The van der Waals surface area contributed by atoms with Crippen molar-refractivity contribution in [2.45, 2.75) is 25.5 Å². The molecule has 4 heteroatoms. The van der Waals surface area contributed by atoms with Crippen molar-refractivity contribution in [3.63, 3.8) is 0 Å². The van der Waals surface area contributed by atoms with Crippen LogP contribution in [0.1, 0.15) is 24.9 Å². The van der Waals surface area contributed by atoms with Crippen molar-refractivity contribution in [1.29, 1.82) is 0 Å². The Morgan fingerprint density at radius 2 is 2.33 bits per heavy atom. The molecule has 1 aliphatic heterocycles. The average Bonchev–Trinajstić information content (AvgIpc) is 2.95. The van der Waals surface area contributed by atoms with Crippen LogP contribution < -0.4 is 5.73 Å². The Morgan fingerprint density at radius 1 is 1.50 bits per heavy atom. The van der Waals surface area contributed by atoms with Crippen LogP contribution in [0.25, 0.3) is 10.1 Å². The van der Waals surface area contributed by atoms with Gasteiger partial charge in [0.2, 0.25) is 0 Å². The third kappa shape index (κ3) is 2.11. The van der Waals surface area contributed by atoms with Gasteiger partial charge in [-0.25, -0.2) is 0 Å². The topological polar surface area (TPSA) is 35.2 Å². The molecule has 1 aromatic carbocycles. The van der Waals surface area contributed by atoms with Crippen molar-refractivity contribution in [3.8, 4) is 0 Å². The van der Waals surface area contributed by atoms with Gasteiger partial charge in [-0.2, -0.15) is 0 Å². The lowest BCUT2D eigenvalue weighted by molar-refractivity contribution is 0.118. The molecule has 18 heavy (non-hydrogen) atoms. The van der Waals surface area contributed by atoms with E-state index in [1.54, 1.807) is 11.3 Å². The van der Waals surface area contributed by atoms with Crippen LogP contribution in [0.5, 0.6) is 0 Å². The highest BCUT2D eigenvalue weighted by atomic mass is 79.9. The molecule has 3 unspecified atom stereocenters. The number of fused-ring (bicyclic) bond motifs is 1. The minimum Gasteiger partial charge on any atom is -0.378 e. The molecule has 1 aliphatic rings. The molecule has 0 aliphatic carbocycles. The van der Waals surface area contributed by atoms with E-state index >= 15 is 0 Å². The summed E-state index contributed by atoms with van der Waals surface area (Å²) in [4.78, 5) is 0. The highest BCUT2D eigenvalue weighted by Crippen LogP contribution is 2.38. The fraction of sp³-hybridized carbons (Fsp3) is 0.429. The van der Waals surface area contributed by atoms with Crippen LogP contribution in [0, 0.1) is 5.92 Å². The van der Waals surface area contributed by atoms with Gasteiger partial charge < -0.3 is 10.5 Å². The summed E-state index contributed by atoms with van der Waals surface area (Å²) >= 11 is 5.36. The Balaban J connectivity index is 1.97. The summed E-state index contributed by atoms with van der Waals surface area (Å²) in [7, 11) is 0. The van der Waals surface area contributed by atoms with Crippen LogP contribution in [-0.4, -0.2) is 12.7 Å². The van der Waals surface area contributed by atoms with E-state index in [9.17, 15) is 0 Å². The standard InChI is InChI=1S/C14H16BrNOS/c1-8-5-9(6-17-8)13(16)11-7-18-14-10(11)3-2-4-12(14)15/h2-4,7-9,13H,5-6,16H2,1H3. The van der Waals surface area contributed by atoms with Crippen molar-refractivity contribution < 1.29 is 4.74 Å². The Bertz CT molecular complexity index is 568. The molecule has 2 N–H and O–H groups in total. The molecule has 2 aromatic rings. The Morgan fingerprint density at radius 3 is 3.06 bits per heavy atom. The normalized spacial score (nSPS) is 25.7. The maximum absolute atomic E-state index is 6.43. The van der Waals surface area contributed by atoms with Crippen LogP contribution in [0.15, 0.2) is 28.1 Å². The van der Waals surface area contributed by atoms with Gasteiger partial charge in [0.15, 0.2) is 0 Å². The minimum atomic E-state index is 0.0815. The summed E-state index contributed by atoms with van der Waals surface area (Å²) in [6.45, 7) is 2.91. The van der Waals surface area contributed by atoms with Gasteiger partial charge in [0.05, 0.1) is 12.7 Å². The van der Waals surface area contributed by atoms with Crippen molar-refractivity contribution in [2.24, 2.45) is 11.7 Å². The summed E-state index contributed by atoms with van der Waals surface area (Å²) in [6.07, 6.45) is 1.41. The second-order valence-corrected chi connectivity index (χ2v) is 6.71. The lowest BCUT2D eigenvalue weighted by atomic mass is 9.91. The molecule has 2 nitrogen and oxygen atoms in total. The van der Waals surface area contributed by atoms with Crippen molar-refractivity contribution in [2.75, 3.05) is 6.61 Å². The molecule has 0 spiro atoms. The molecule has 0 amide bonds. The first-order chi connectivity index (χ1) is 8.66. The molecule has 1 saturated heterocycles. The van der Waals surface area contributed by atoms with Crippen LogP contribution in [-0.2, 0) is 4.74 Å². The fourth-order valence-electron chi connectivity index (χ4n) is 2.65. The number of benzene rings is 1. The number of rotatable bonds is 2. The van der Waals surface area contributed by atoms with Gasteiger partial charge in [0.1, 0.15) is 0 Å². The van der Waals surface area contributed by atoms with Gasteiger partial charge in [0.25, 0.3) is 0 Å². The minimum absolute atomic E-state index is 0.0815. The summed E-state index contributed by atoms with van der Waals surface area (Å²) in [5, 5.41) is 3.48. The molecular formula is C14H16BrNOS. The molecular weight excluding hydrogens is 310 g/mol. The SMILES string of the molecule is CC1CC(C(N)c2csc3c(Br)cccc23)CO1. The molecule has 1 fully saturated rings. The molecule has 96 valence electrons. The average molecular weight is 326 g/mol. The van der Waals surface area contributed by atoms with Crippen LogP contribution in [0.2, 0.25) is 0 Å². The summed E-state index contributed by atoms with van der Waals surface area (Å²) in [5.41, 5.74) is 7.70. The Labute approximate surface area is 119 Å². The van der Waals surface area contributed by atoms with E-state index in [1.807, 2.05) is 0 Å². The van der Waals surface area contributed by atoms with Crippen LogP contribution in [0.4, 0.5) is 0 Å². The maximum Gasteiger partial charge on any atom is 0.0551 e. The van der Waals surface area contributed by atoms with Crippen LogP contribution >= 0.6 is 27.3 Å². The smallest absolute Gasteiger partial charge is 0.0551 e. The third-order valence-electron chi connectivity index (χ3n) is 3.68. The summed E-state index contributed by atoms with van der Waals surface area (Å²) < 4.78 is 8.07. The van der Waals surface area contributed by atoms with Crippen molar-refractivity contribution in [3.05, 3.63) is 33.6 Å². The largest absolute Gasteiger partial charge is 0.378 e. The van der Waals surface area contributed by atoms with E-state index in [-0.39, 0.29) is 6.04 Å². The maximum atomic E-state index is 6.43. The lowest BCUT2D eigenvalue weighted by Gasteiger charge is -2.17. The van der Waals surface area contributed by atoms with Gasteiger partial charge in [-0.3, -0.25) is 0 Å². The van der Waals surface area contributed by atoms with Crippen molar-refractivity contribution in [1.82, 2.24) is 0 Å². The van der Waals surface area contributed by atoms with E-state index < -0.39 is 0 Å². The van der Waals surface area contributed by atoms with E-state index in [2.05, 4.69) is 46.4 Å². The third-order valence-corrected chi connectivity index (χ3v) is 5.65. The Hall–Kier alpha value is -0.420. The Kier molecular flexibility index (Phi) is 3.45. The van der Waals surface area contributed by atoms with Gasteiger partial charge in [-0.05, 0) is 51.7 Å². The van der Waals surface area contributed by atoms with Crippen LogP contribution in [0.3, 0.4) is 0 Å². The molecule has 0 bridgehead atoms. The monoisotopic (exact) mass is 325 g/mol. The number of hydrogen-bond donors (Lipinski definition) is 1. The van der Waals surface area contributed by atoms with Gasteiger partial charge in [0, 0.05) is 21.1 Å². The molecule has 2 heterocycles. The van der Waals surface area contributed by atoms with E-state index in [1.165, 1.54) is 15.6 Å². The highest BCUT2D eigenvalue weighted by Gasteiger charge is 2.29. The molecule has 0 saturated carbocycles. The second kappa shape index (κ2) is 4.93. The fourth-order valence-corrected chi connectivity index (χ4v) is 4.32.